The maximum absolute atomic E-state index is 12.3. The predicted octanol–water partition coefficient (Wildman–Crippen LogP) is 0.319. The number of carboxylic acid groups (broad SMARTS) is 1. The fourth-order valence-corrected chi connectivity index (χ4v) is 2.25. The van der Waals surface area contributed by atoms with Gasteiger partial charge in [0.25, 0.3) is 0 Å². The summed E-state index contributed by atoms with van der Waals surface area (Å²) in [5, 5.41) is 8.83. The third-order valence-corrected chi connectivity index (χ3v) is 3.15. The third kappa shape index (κ3) is 3.21. The van der Waals surface area contributed by atoms with E-state index in [0.717, 1.165) is 6.42 Å². The van der Waals surface area contributed by atoms with Gasteiger partial charge in [-0.2, -0.15) is 0 Å². The van der Waals surface area contributed by atoms with E-state index < -0.39 is 12.0 Å². The Morgan fingerprint density at radius 1 is 1.39 bits per heavy atom. The van der Waals surface area contributed by atoms with Crippen LogP contribution in [0.1, 0.15) is 33.6 Å². The highest BCUT2D eigenvalue weighted by Crippen LogP contribution is 2.20. The smallest absolute Gasteiger partial charge is 0.323 e. The Kier molecular flexibility index (Phi) is 4.69. The van der Waals surface area contributed by atoms with Crippen LogP contribution in [0.4, 0.5) is 0 Å². The lowest BCUT2D eigenvalue weighted by molar-refractivity contribution is -0.150. The van der Waals surface area contributed by atoms with E-state index in [0.29, 0.717) is 13.0 Å². The van der Waals surface area contributed by atoms with E-state index in [-0.39, 0.29) is 24.4 Å². The van der Waals surface area contributed by atoms with Crippen LogP contribution < -0.4 is 0 Å². The Hall–Kier alpha value is -1.59. The first kappa shape index (κ1) is 14.5. The Morgan fingerprint density at radius 2 is 2.00 bits per heavy atom. The normalized spacial score (nSPS) is 19.1. The van der Waals surface area contributed by atoms with Gasteiger partial charge in [0.1, 0.15) is 12.6 Å². The summed E-state index contributed by atoms with van der Waals surface area (Å²) in [6.07, 6.45) is 1.40. The van der Waals surface area contributed by atoms with Gasteiger partial charge in [-0.3, -0.25) is 14.4 Å². The molecule has 0 saturated carbocycles. The van der Waals surface area contributed by atoms with Gasteiger partial charge in [-0.15, -0.1) is 0 Å². The van der Waals surface area contributed by atoms with Crippen molar-refractivity contribution in [1.29, 1.82) is 0 Å². The number of nitrogens with zero attached hydrogens (tertiary/aromatic N) is 2. The summed E-state index contributed by atoms with van der Waals surface area (Å²) in [4.78, 5) is 37.3. The second-order valence-corrected chi connectivity index (χ2v) is 4.82. The van der Waals surface area contributed by atoms with E-state index >= 15 is 0 Å². The molecule has 1 aliphatic rings. The zero-order valence-electron chi connectivity index (χ0n) is 11.0. The van der Waals surface area contributed by atoms with E-state index in [4.69, 9.17) is 5.11 Å². The zero-order valence-corrected chi connectivity index (χ0v) is 11.0. The molecule has 1 heterocycles. The minimum absolute atomic E-state index is 0.134. The summed E-state index contributed by atoms with van der Waals surface area (Å²) in [5.41, 5.74) is 0. The molecule has 18 heavy (non-hydrogen) atoms. The molecule has 0 aromatic heterocycles. The van der Waals surface area contributed by atoms with Crippen LogP contribution in [-0.2, 0) is 14.4 Å². The summed E-state index contributed by atoms with van der Waals surface area (Å²) in [5.74, 6) is -1.44. The first-order valence-electron chi connectivity index (χ1n) is 6.14. The topological polar surface area (TPSA) is 77.9 Å². The fraction of sp³-hybridized carbons (Fsp3) is 0.750. The number of aliphatic carboxylic acids is 1. The van der Waals surface area contributed by atoms with Crippen LogP contribution >= 0.6 is 0 Å². The number of rotatable bonds is 4. The van der Waals surface area contributed by atoms with Gasteiger partial charge >= 0.3 is 5.97 Å². The van der Waals surface area contributed by atoms with E-state index in [1.54, 1.807) is 13.8 Å². The molecule has 102 valence electrons. The van der Waals surface area contributed by atoms with Crippen molar-refractivity contribution in [2.24, 2.45) is 0 Å². The molecule has 1 saturated heterocycles. The van der Waals surface area contributed by atoms with Crippen molar-refractivity contribution in [2.45, 2.75) is 45.7 Å². The average molecular weight is 256 g/mol. The SMILES string of the molecule is CC(=O)N1CCCC1C(=O)N(CC(=O)O)C(C)C. The zero-order chi connectivity index (χ0) is 13.9. The van der Waals surface area contributed by atoms with Crippen molar-refractivity contribution < 1.29 is 19.5 Å². The van der Waals surface area contributed by atoms with Gasteiger partial charge in [-0.05, 0) is 26.7 Å². The molecule has 0 radical (unpaired) electrons. The van der Waals surface area contributed by atoms with Crippen molar-refractivity contribution in [3.05, 3.63) is 0 Å². The quantitative estimate of drug-likeness (QED) is 0.785. The lowest BCUT2D eigenvalue weighted by Gasteiger charge is -2.31. The van der Waals surface area contributed by atoms with Crippen LogP contribution in [0.15, 0.2) is 0 Å². The molecule has 0 bridgehead atoms. The molecule has 1 aliphatic heterocycles. The Balaban J connectivity index is 2.82. The third-order valence-electron chi connectivity index (χ3n) is 3.15. The highest BCUT2D eigenvalue weighted by Gasteiger charge is 2.36. The molecule has 2 amide bonds. The highest BCUT2D eigenvalue weighted by molar-refractivity contribution is 5.89. The van der Waals surface area contributed by atoms with Crippen LogP contribution in [0.25, 0.3) is 0 Å². The van der Waals surface area contributed by atoms with Gasteiger partial charge in [0.2, 0.25) is 11.8 Å². The van der Waals surface area contributed by atoms with Crippen LogP contribution in [0.2, 0.25) is 0 Å². The molecule has 0 aromatic carbocycles. The van der Waals surface area contributed by atoms with Crippen LogP contribution in [-0.4, -0.2) is 57.9 Å². The molecular formula is C12H20N2O4. The average Bonchev–Trinajstić information content (AvgIpc) is 2.73. The predicted molar refractivity (Wildman–Crippen MR) is 64.9 cm³/mol. The lowest BCUT2D eigenvalue weighted by atomic mass is 10.1. The molecule has 1 atom stereocenters. The van der Waals surface area contributed by atoms with Crippen LogP contribution in [0.5, 0.6) is 0 Å². The number of carbonyl (C=O) groups excluding carboxylic acids is 2. The number of amides is 2. The van der Waals surface area contributed by atoms with Crippen molar-refractivity contribution in [1.82, 2.24) is 9.80 Å². The molecule has 1 N–H and O–H groups in total. The fourth-order valence-electron chi connectivity index (χ4n) is 2.25. The lowest BCUT2D eigenvalue weighted by Crippen LogP contribution is -2.51. The summed E-state index contributed by atoms with van der Waals surface area (Å²) in [6, 6.07) is -0.688. The Labute approximate surface area is 107 Å². The number of likely N-dealkylation sites (tertiary alicyclic amines) is 1. The Bertz CT molecular complexity index is 350. The standard InChI is InChI=1S/C12H20N2O4/c1-8(2)14(7-11(16)17)12(18)10-5-4-6-13(10)9(3)15/h8,10H,4-7H2,1-3H3,(H,16,17). The van der Waals surface area contributed by atoms with Crippen molar-refractivity contribution in [3.8, 4) is 0 Å². The van der Waals surface area contributed by atoms with Gasteiger partial charge in [0, 0.05) is 19.5 Å². The van der Waals surface area contributed by atoms with Crippen LogP contribution in [0.3, 0.4) is 0 Å². The summed E-state index contributed by atoms with van der Waals surface area (Å²) in [6.45, 7) is 5.23. The molecule has 1 rings (SSSR count). The summed E-state index contributed by atoms with van der Waals surface area (Å²) < 4.78 is 0. The monoisotopic (exact) mass is 256 g/mol. The minimum Gasteiger partial charge on any atom is -0.480 e. The maximum atomic E-state index is 12.3. The first-order valence-corrected chi connectivity index (χ1v) is 6.14. The summed E-state index contributed by atoms with van der Waals surface area (Å²) in [7, 11) is 0. The van der Waals surface area contributed by atoms with Gasteiger partial charge in [-0.25, -0.2) is 0 Å². The van der Waals surface area contributed by atoms with E-state index in [1.165, 1.54) is 16.7 Å². The second-order valence-electron chi connectivity index (χ2n) is 4.82. The van der Waals surface area contributed by atoms with Crippen molar-refractivity contribution >= 4 is 17.8 Å². The molecule has 6 heteroatoms. The van der Waals surface area contributed by atoms with Gasteiger partial charge < -0.3 is 14.9 Å². The van der Waals surface area contributed by atoms with Gasteiger partial charge in [0.15, 0.2) is 0 Å². The molecule has 0 aromatic rings. The van der Waals surface area contributed by atoms with Gasteiger partial charge in [-0.1, -0.05) is 0 Å². The van der Waals surface area contributed by atoms with E-state index in [9.17, 15) is 14.4 Å². The van der Waals surface area contributed by atoms with Gasteiger partial charge in [0.05, 0.1) is 0 Å². The Morgan fingerprint density at radius 3 is 2.44 bits per heavy atom. The highest BCUT2D eigenvalue weighted by atomic mass is 16.4. The molecule has 0 aliphatic carbocycles. The largest absolute Gasteiger partial charge is 0.480 e. The minimum atomic E-state index is -1.04. The number of hydrogen-bond donors (Lipinski definition) is 1. The maximum Gasteiger partial charge on any atom is 0.323 e. The molecule has 1 fully saturated rings. The van der Waals surface area contributed by atoms with E-state index in [1.807, 2.05) is 0 Å². The number of hydrogen-bond acceptors (Lipinski definition) is 3. The molecule has 0 spiro atoms. The van der Waals surface area contributed by atoms with Crippen LogP contribution in [0, 0.1) is 0 Å². The number of carboxylic acids is 1. The number of carbonyl (C=O) groups is 3. The van der Waals surface area contributed by atoms with Crippen molar-refractivity contribution in [2.75, 3.05) is 13.1 Å². The second kappa shape index (κ2) is 5.84. The molecule has 6 nitrogen and oxygen atoms in total. The van der Waals surface area contributed by atoms with Crippen molar-refractivity contribution in [3.63, 3.8) is 0 Å². The van der Waals surface area contributed by atoms with E-state index in [2.05, 4.69) is 0 Å². The first-order chi connectivity index (χ1) is 8.34. The molecular weight excluding hydrogens is 236 g/mol. The molecule has 1 unspecified atom stereocenters. The summed E-state index contributed by atoms with van der Waals surface area (Å²) >= 11 is 0.